The van der Waals surface area contributed by atoms with Gasteiger partial charge in [-0.2, -0.15) is 0 Å². The summed E-state index contributed by atoms with van der Waals surface area (Å²) in [4.78, 5) is 2.47. The number of likely N-dealkylation sites (tertiary alicyclic amines) is 1. The second-order valence-electron chi connectivity index (χ2n) is 5.75. The van der Waals surface area contributed by atoms with E-state index in [4.69, 9.17) is 15.2 Å². The van der Waals surface area contributed by atoms with Crippen molar-refractivity contribution in [2.45, 2.75) is 31.3 Å². The highest BCUT2D eigenvalue weighted by Crippen LogP contribution is 2.34. The minimum atomic E-state index is 0.209. The zero-order chi connectivity index (χ0) is 13.9. The van der Waals surface area contributed by atoms with Gasteiger partial charge in [-0.25, -0.2) is 0 Å². The molecule has 2 heterocycles. The van der Waals surface area contributed by atoms with Crippen molar-refractivity contribution in [3.63, 3.8) is 0 Å². The smallest absolute Gasteiger partial charge is 0.122 e. The third kappa shape index (κ3) is 2.68. The zero-order valence-corrected chi connectivity index (χ0v) is 12.2. The summed E-state index contributed by atoms with van der Waals surface area (Å²) in [5.74, 6) is 1.04. The molecule has 3 rings (SSSR count). The average Bonchev–Trinajstić information content (AvgIpc) is 2.92. The van der Waals surface area contributed by atoms with Gasteiger partial charge in [-0.05, 0) is 36.6 Å². The molecule has 2 aliphatic rings. The third-order valence-electron chi connectivity index (χ3n) is 4.42. The number of rotatable bonds is 4. The van der Waals surface area contributed by atoms with E-state index in [1.807, 2.05) is 0 Å². The van der Waals surface area contributed by atoms with Crippen LogP contribution in [-0.2, 0) is 11.2 Å². The van der Waals surface area contributed by atoms with Crippen LogP contribution in [0.2, 0.25) is 0 Å². The third-order valence-corrected chi connectivity index (χ3v) is 4.42. The predicted octanol–water partition coefficient (Wildman–Crippen LogP) is 1.73. The SMILES string of the molecule is COCCN1CCCC(N)C1c1ccc2c(c1)CCO2. The molecule has 0 spiro atoms. The second kappa shape index (κ2) is 6.12. The van der Waals surface area contributed by atoms with E-state index in [1.165, 1.54) is 17.5 Å². The lowest BCUT2D eigenvalue weighted by atomic mass is 9.90. The number of nitrogens with zero attached hydrogens (tertiary/aromatic N) is 1. The first-order chi connectivity index (χ1) is 9.79. The summed E-state index contributed by atoms with van der Waals surface area (Å²) < 4.78 is 10.8. The van der Waals surface area contributed by atoms with Gasteiger partial charge >= 0.3 is 0 Å². The van der Waals surface area contributed by atoms with Crippen molar-refractivity contribution in [2.24, 2.45) is 5.73 Å². The summed E-state index contributed by atoms with van der Waals surface area (Å²) in [7, 11) is 1.76. The first-order valence-electron chi connectivity index (χ1n) is 7.54. The lowest BCUT2D eigenvalue weighted by molar-refractivity contribution is 0.0848. The Kier molecular flexibility index (Phi) is 4.24. The van der Waals surface area contributed by atoms with Crippen molar-refractivity contribution >= 4 is 0 Å². The lowest BCUT2D eigenvalue weighted by Gasteiger charge is -2.40. The molecule has 0 bridgehead atoms. The van der Waals surface area contributed by atoms with Gasteiger partial charge in [0, 0.05) is 32.2 Å². The highest BCUT2D eigenvalue weighted by Gasteiger charge is 2.30. The normalized spacial score (nSPS) is 26.3. The van der Waals surface area contributed by atoms with E-state index in [1.54, 1.807) is 7.11 Å². The molecule has 110 valence electrons. The molecule has 0 saturated carbocycles. The van der Waals surface area contributed by atoms with Gasteiger partial charge in [-0.3, -0.25) is 4.90 Å². The van der Waals surface area contributed by atoms with Gasteiger partial charge in [-0.1, -0.05) is 12.1 Å². The molecular weight excluding hydrogens is 252 g/mol. The fourth-order valence-electron chi connectivity index (χ4n) is 3.41. The van der Waals surface area contributed by atoms with Crippen LogP contribution >= 0.6 is 0 Å². The van der Waals surface area contributed by atoms with Crippen molar-refractivity contribution in [3.05, 3.63) is 29.3 Å². The molecule has 1 aromatic carbocycles. The molecule has 0 aliphatic carbocycles. The Bertz CT molecular complexity index is 464. The fourth-order valence-corrected chi connectivity index (χ4v) is 3.41. The van der Waals surface area contributed by atoms with E-state index < -0.39 is 0 Å². The number of benzene rings is 1. The topological polar surface area (TPSA) is 47.7 Å². The molecule has 2 N–H and O–H groups in total. The fraction of sp³-hybridized carbons (Fsp3) is 0.625. The summed E-state index contributed by atoms with van der Waals surface area (Å²) in [6.45, 7) is 3.62. The molecule has 4 nitrogen and oxygen atoms in total. The number of hydrogen-bond donors (Lipinski definition) is 1. The van der Waals surface area contributed by atoms with Gasteiger partial charge in [0.25, 0.3) is 0 Å². The van der Waals surface area contributed by atoms with Gasteiger partial charge in [0.1, 0.15) is 5.75 Å². The van der Waals surface area contributed by atoms with Crippen LogP contribution < -0.4 is 10.5 Å². The minimum Gasteiger partial charge on any atom is -0.493 e. The van der Waals surface area contributed by atoms with E-state index in [2.05, 4.69) is 23.1 Å². The summed E-state index contributed by atoms with van der Waals surface area (Å²) in [6, 6.07) is 7.09. The Hall–Kier alpha value is -1.10. The van der Waals surface area contributed by atoms with Gasteiger partial charge in [0.2, 0.25) is 0 Å². The van der Waals surface area contributed by atoms with Crippen LogP contribution in [0.5, 0.6) is 5.75 Å². The number of methoxy groups -OCH3 is 1. The molecule has 1 fully saturated rings. The Morgan fingerprint density at radius 2 is 2.35 bits per heavy atom. The highest BCUT2D eigenvalue weighted by molar-refractivity contribution is 5.41. The molecule has 0 aromatic heterocycles. The molecule has 1 aromatic rings. The molecule has 2 aliphatic heterocycles. The van der Waals surface area contributed by atoms with Crippen molar-refractivity contribution in [2.75, 3.05) is 33.4 Å². The molecule has 2 atom stereocenters. The van der Waals surface area contributed by atoms with Gasteiger partial charge in [0.05, 0.1) is 13.2 Å². The van der Waals surface area contributed by atoms with Gasteiger partial charge < -0.3 is 15.2 Å². The summed E-state index contributed by atoms with van der Waals surface area (Å²) in [5.41, 5.74) is 9.06. The van der Waals surface area contributed by atoms with Crippen LogP contribution in [0.4, 0.5) is 0 Å². The summed E-state index contributed by atoms with van der Waals surface area (Å²) >= 11 is 0. The number of fused-ring (bicyclic) bond motifs is 1. The molecule has 1 saturated heterocycles. The van der Waals surface area contributed by atoms with Crippen molar-refractivity contribution in [1.82, 2.24) is 4.90 Å². The first-order valence-corrected chi connectivity index (χ1v) is 7.54. The maximum atomic E-state index is 6.40. The molecule has 0 amide bonds. The largest absolute Gasteiger partial charge is 0.493 e. The monoisotopic (exact) mass is 276 g/mol. The van der Waals surface area contributed by atoms with Crippen LogP contribution in [0.25, 0.3) is 0 Å². The maximum absolute atomic E-state index is 6.40. The molecule has 20 heavy (non-hydrogen) atoms. The van der Waals surface area contributed by atoms with E-state index in [0.717, 1.165) is 44.9 Å². The van der Waals surface area contributed by atoms with E-state index >= 15 is 0 Å². The van der Waals surface area contributed by atoms with Crippen LogP contribution in [0.1, 0.15) is 30.0 Å². The Labute approximate surface area is 120 Å². The van der Waals surface area contributed by atoms with E-state index in [9.17, 15) is 0 Å². The quantitative estimate of drug-likeness (QED) is 0.910. The van der Waals surface area contributed by atoms with Gasteiger partial charge in [-0.15, -0.1) is 0 Å². The van der Waals surface area contributed by atoms with E-state index in [-0.39, 0.29) is 6.04 Å². The Morgan fingerprint density at radius 3 is 3.20 bits per heavy atom. The lowest BCUT2D eigenvalue weighted by Crippen LogP contribution is -2.46. The van der Waals surface area contributed by atoms with Crippen molar-refractivity contribution in [1.29, 1.82) is 0 Å². The van der Waals surface area contributed by atoms with Crippen LogP contribution in [0.3, 0.4) is 0 Å². The highest BCUT2D eigenvalue weighted by atomic mass is 16.5. The molecular formula is C16H24N2O2. The number of ether oxygens (including phenoxy) is 2. The van der Waals surface area contributed by atoms with Crippen LogP contribution in [0.15, 0.2) is 18.2 Å². The summed E-state index contributed by atoms with van der Waals surface area (Å²) in [5, 5.41) is 0. The molecule has 0 radical (unpaired) electrons. The average molecular weight is 276 g/mol. The zero-order valence-electron chi connectivity index (χ0n) is 12.2. The Morgan fingerprint density at radius 1 is 1.45 bits per heavy atom. The van der Waals surface area contributed by atoms with Crippen molar-refractivity contribution in [3.8, 4) is 5.75 Å². The standard InChI is InChI=1S/C16H24N2O2/c1-19-10-8-18-7-2-3-14(17)16(18)13-4-5-15-12(11-13)6-9-20-15/h4-5,11,14,16H,2-3,6-10,17H2,1H3. The first kappa shape index (κ1) is 13.9. The van der Waals surface area contributed by atoms with Crippen molar-refractivity contribution < 1.29 is 9.47 Å². The maximum Gasteiger partial charge on any atom is 0.122 e. The van der Waals surface area contributed by atoms with Gasteiger partial charge in [0.15, 0.2) is 0 Å². The molecule has 2 unspecified atom stereocenters. The number of nitrogens with two attached hydrogens (primary N) is 1. The van der Waals surface area contributed by atoms with E-state index in [0.29, 0.717) is 6.04 Å². The minimum absolute atomic E-state index is 0.209. The number of piperidine rings is 1. The number of hydrogen-bond acceptors (Lipinski definition) is 4. The predicted molar refractivity (Wildman–Crippen MR) is 79.0 cm³/mol. The van der Waals surface area contributed by atoms with Crippen LogP contribution in [-0.4, -0.2) is 44.4 Å². The molecule has 4 heteroatoms. The second-order valence-corrected chi connectivity index (χ2v) is 5.75. The van der Waals surface area contributed by atoms with Crippen LogP contribution in [0, 0.1) is 0 Å². The summed E-state index contributed by atoms with van der Waals surface area (Å²) in [6.07, 6.45) is 3.29. The Balaban J connectivity index is 1.83.